The second kappa shape index (κ2) is 11.8. The standard InChI is InChI=1S/C14H20ClN3O.HI/c1-3-8-17-14(16-4-2)18-9-10-19-13-7-5-6-12(15)11-13;/h3,5-7,11H,1,4,8-10H2,2H3,(H2,16,17,18);1H. The molecule has 0 radical (unpaired) electrons. The Labute approximate surface area is 142 Å². The van der Waals surface area contributed by atoms with Crippen molar-refractivity contribution in [2.45, 2.75) is 6.92 Å². The van der Waals surface area contributed by atoms with Gasteiger partial charge in [0.25, 0.3) is 0 Å². The van der Waals surface area contributed by atoms with Gasteiger partial charge in [-0.3, -0.25) is 0 Å². The predicted octanol–water partition coefficient (Wildman–Crippen LogP) is 3.08. The van der Waals surface area contributed by atoms with E-state index in [1.54, 1.807) is 12.1 Å². The molecule has 0 aliphatic rings. The number of halogens is 2. The van der Waals surface area contributed by atoms with Crippen molar-refractivity contribution >= 4 is 41.5 Å². The number of hydrogen-bond donors (Lipinski definition) is 2. The van der Waals surface area contributed by atoms with Crippen LogP contribution in [-0.2, 0) is 0 Å². The Morgan fingerprint density at radius 3 is 2.90 bits per heavy atom. The Bertz CT molecular complexity index is 427. The van der Waals surface area contributed by atoms with Gasteiger partial charge in [0, 0.05) is 18.1 Å². The van der Waals surface area contributed by atoms with Gasteiger partial charge in [-0.1, -0.05) is 23.7 Å². The summed E-state index contributed by atoms with van der Waals surface area (Å²) >= 11 is 5.87. The molecule has 0 unspecified atom stereocenters. The second-order valence-electron chi connectivity index (χ2n) is 3.74. The Morgan fingerprint density at radius 2 is 2.25 bits per heavy atom. The summed E-state index contributed by atoms with van der Waals surface area (Å²) in [6, 6.07) is 7.33. The van der Waals surface area contributed by atoms with Gasteiger partial charge in [0.2, 0.25) is 0 Å². The topological polar surface area (TPSA) is 45.7 Å². The first-order valence-corrected chi connectivity index (χ1v) is 6.65. The zero-order valence-electron chi connectivity index (χ0n) is 11.6. The van der Waals surface area contributed by atoms with Crippen LogP contribution in [0.1, 0.15) is 6.92 Å². The van der Waals surface area contributed by atoms with Crippen LogP contribution in [0.4, 0.5) is 0 Å². The van der Waals surface area contributed by atoms with Gasteiger partial charge < -0.3 is 15.4 Å². The number of nitrogens with one attached hydrogen (secondary N) is 2. The first-order valence-electron chi connectivity index (χ1n) is 6.27. The molecule has 0 spiro atoms. The maximum Gasteiger partial charge on any atom is 0.191 e. The van der Waals surface area contributed by atoms with Gasteiger partial charge in [-0.2, -0.15) is 0 Å². The van der Waals surface area contributed by atoms with E-state index in [1.807, 2.05) is 25.1 Å². The summed E-state index contributed by atoms with van der Waals surface area (Å²) in [4.78, 5) is 4.38. The number of benzene rings is 1. The number of hydrogen-bond acceptors (Lipinski definition) is 2. The van der Waals surface area contributed by atoms with Crippen molar-refractivity contribution < 1.29 is 4.74 Å². The minimum Gasteiger partial charge on any atom is -0.492 e. The smallest absolute Gasteiger partial charge is 0.191 e. The van der Waals surface area contributed by atoms with Crippen molar-refractivity contribution in [3.63, 3.8) is 0 Å². The molecule has 0 saturated heterocycles. The lowest BCUT2D eigenvalue weighted by Crippen LogP contribution is -2.37. The summed E-state index contributed by atoms with van der Waals surface area (Å²) < 4.78 is 5.55. The van der Waals surface area contributed by atoms with E-state index in [2.05, 4.69) is 22.2 Å². The molecular formula is C14H21ClIN3O. The Balaban J connectivity index is 0.00000361. The number of aliphatic imine (C=N–C) groups is 1. The van der Waals surface area contributed by atoms with E-state index in [-0.39, 0.29) is 24.0 Å². The largest absolute Gasteiger partial charge is 0.492 e. The van der Waals surface area contributed by atoms with Crippen molar-refractivity contribution in [3.05, 3.63) is 41.9 Å². The second-order valence-corrected chi connectivity index (χ2v) is 4.17. The summed E-state index contributed by atoms with van der Waals surface area (Å²) in [5.41, 5.74) is 0. The van der Waals surface area contributed by atoms with Crippen LogP contribution in [0, 0.1) is 0 Å². The van der Waals surface area contributed by atoms with Gasteiger partial charge in [-0.05, 0) is 25.1 Å². The Morgan fingerprint density at radius 1 is 1.45 bits per heavy atom. The molecule has 1 aromatic rings. The van der Waals surface area contributed by atoms with E-state index in [1.165, 1.54) is 0 Å². The van der Waals surface area contributed by atoms with Gasteiger partial charge in [0.15, 0.2) is 5.96 Å². The third kappa shape index (κ3) is 8.27. The zero-order chi connectivity index (χ0) is 13.9. The summed E-state index contributed by atoms with van der Waals surface area (Å²) in [6.07, 6.45) is 1.79. The molecular weight excluding hydrogens is 389 g/mol. The van der Waals surface area contributed by atoms with E-state index in [0.29, 0.717) is 24.7 Å². The van der Waals surface area contributed by atoms with Crippen molar-refractivity contribution in [2.24, 2.45) is 4.99 Å². The molecule has 0 aromatic heterocycles. The summed E-state index contributed by atoms with van der Waals surface area (Å²) in [7, 11) is 0. The molecule has 0 aliphatic heterocycles. The molecule has 112 valence electrons. The first kappa shape index (κ1) is 19.1. The molecule has 0 fully saturated rings. The van der Waals surface area contributed by atoms with Gasteiger partial charge in [0.1, 0.15) is 12.4 Å². The average molecular weight is 410 g/mol. The lowest BCUT2D eigenvalue weighted by molar-refractivity contribution is 0.328. The normalized spacial score (nSPS) is 10.4. The highest BCUT2D eigenvalue weighted by Gasteiger charge is 1.96. The third-order valence-corrected chi connectivity index (χ3v) is 2.42. The molecule has 0 amide bonds. The number of nitrogens with zero attached hydrogens (tertiary/aromatic N) is 1. The van der Waals surface area contributed by atoms with Gasteiger partial charge in [0.05, 0.1) is 6.54 Å². The summed E-state index contributed by atoms with van der Waals surface area (Å²) in [6.45, 7) is 8.25. The molecule has 0 atom stereocenters. The van der Waals surface area contributed by atoms with Crippen molar-refractivity contribution in [1.29, 1.82) is 0 Å². The number of guanidine groups is 1. The Hall–Kier alpha value is -0.950. The minimum atomic E-state index is 0. The number of ether oxygens (including phenoxy) is 1. The van der Waals surface area contributed by atoms with Crippen LogP contribution in [0.15, 0.2) is 41.9 Å². The summed E-state index contributed by atoms with van der Waals surface area (Å²) in [5.74, 6) is 1.52. The van der Waals surface area contributed by atoms with Crippen LogP contribution in [0.2, 0.25) is 5.02 Å². The fourth-order valence-electron chi connectivity index (χ4n) is 1.39. The molecule has 0 bridgehead atoms. The lowest BCUT2D eigenvalue weighted by Gasteiger charge is -2.09. The van der Waals surface area contributed by atoms with E-state index in [0.717, 1.165) is 18.3 Å². The lowest BCUT2D eigenvalue weighted by atomic mass is 10.3. The first-order chi connectivity index (χ1) is 9.26. The van der Waals surface area contributed by atoms with Crippen LogP contribution in [0.3, 0.4) is 0 Å². The molecule has 0 saturated carbocycles. The fraction of sp³-hybridized carbons (Fsp3) is 0.357. The molecule has 1 rings (SSSR count). The predicted molar refractivity (Wildman–Crippen MR) is 96.5 cm³/mol. The van der Waals surface area contributed by atoms with Gasteiger partial charge >= 0.3 is 0 Å². The highest BCUT2D eigenvalue weighted by Crippen LogP contribution is 2.16. The maximum absolute atomic E-state index is 5.87. The van der Waals surface area contributed by atoms with E-state index < -0.39 is 0 Å². The van der Waals surface area contributed by atoms with Crippen LogP contribution >= 0.6 is 35.6 Å². The molecule has 6 heteroatoms. The molecule has 2 N–H and O–H groups in total. The fourth-order valence-corrected chi connectivity index (χ4v) is 1.57. The quantitative estimate of drug-likeness (QED) is 0.239. The monoisotopic (exact) mass is 409 g/mol. The Kier molecular flexibility index (Phi) is 11.3. The highest BCUT2D eigenvalue weighted by molar-refractivity contribution is 14.0. The van der Waals surface area contributed by atoms with Gasteiger partial charge in [-0.15, -0.1) is 30.6 Å². The van der Waals surface area contributed by atoms with E-state index >= 15 is 0 Å². The van der Waals surface area contributed by atoms with Gasteiger partial charge in [-0.25, -0.2) is 4.99 Å². The SMILES string of the molecule is C=CCNC(=NCCOc1cccc(Cl)c1)NCC.I. The van der Waals surface area contributed by atoms with Crippen LogP contribution in [0.5, 0.6) is 5.75 Å². The molecule has 1 aromatic carbocycles. The number of rotatable bonds is 7. The van der Waals surface area contributed by atoms with Crippen LogP contribution < -0.4 is 15.4 Å². The highest BCUT2D eigenvalue weighted by atomic mass is 127. The third-order valence-electron chi connectivity index (χ3n) is 2.18. The van der Waals surface area contributed by atoms with E-state index in [9.17, 15) is 0 Å². The maximum atomic E-state index is 5.87. The summed E-state index contributed by atoms with van der Waals surface area (Å²) in [5, 5.41) is 6.93. The van der Waals surface area contributed by atoms with Crippen LogP contribution in [-0.4, -0.2) is 32.2 Å². The minimum absolute atomic E-state index is 0. The van der Waals surface area contributed by atoms with E-state index in [4.69, 9.17) is 16.3 Å². The molecule has 0 aliphatic carbocycles. The zero-order valence-corrected chi connectivity index (χ0v) is 14.7. The molecule has 0 heterocycles. The van der Waals surface area contributed by atoms with Crippen molar-refractivity contribution in [2.75, 3.05) is 26.2 Å². The molecule has 20 heavy (non-hydrogen) atoms. The van der Waals surface area contributed by atoms with Crippen molar-refractivity contribution in [1.82, 2.24) is 10.6 Å². The molecule has 4 nitrogen and oxygen atoms in total. The van der Waals surface area contributed by atoms with Crippen molar-refractivity contribution in [3.8, 4) is 5.75 Å². The average Bonchev–Trinajstić information content (AvgIpc) is 2.41. The van der Waals surface area contributed by atoms with Crippen LogP contribution in [0.25, 0.3) is 0 Å².